The Morgan fingerprint density at radius 1 is 0.796 bits per heavy atom. The second-order valence-electron chi connectivity index (χ2n) is 10.8. The number of aromatic nitrogens is 1. The lowest BCUT2D eigenvalue weighted by molar-refractivity contribution is -0.138. The van der Waals surface area contributed by atoms with Crippen molar-refractivity contribution in [3.63, 3.8) is 0 Å². The maximum atomic E-state index is 11.3. The average molecular weight is 707 g/mol. The fraction of sp³-hybridized carbons (Fsp3) is 0.361. The molecule has 0 fully saturated rings. The van der Waals surface area contributed by atoms with E-state index in [4.69, 9.17) is 17.2 Å². The van der Waals surface area contributed by atoms with Crippen LogP contribution in [0.5, 0.6) is 5.75 Å². The van der Waals surface area contributed by atoms with Gasteiger partial charge in [0.15, 0.2) is 0 Å². The molecule has 0 aliphatic rings. The highest BCUT2D eigenvalue weighted by atomic mass is 32.1. The van der Waals surface area contributed by atoms with Crippen molar-refractivity contribution in [2.75, 3.05) is 37.8 Å². The Labute approximate surface area is 298 Å². The van der Waals surface area contributed by atoms with E-state index in [1.807, 2.05) is 61.5 Å². The summed E-state index contributed by atoms with van der Waals surface area (Å²) in [4.78, 5) is 29.8. The highest BCUT2D eigenvalue weighted by molar-refractivity contribution is 7.30. The Hall–Kier alpha value is -4.75. The van der Waals surface area contributed by atoms with E-state index in [-0.39, 0.29) is 12.6 Å². The summed E-state index contributed by atoms with van der Waals surface area (Å²) in [7, 11) is 0. The molecule has 0 radical (unpaired) electrons. The van der Waals surface area contributed by atoms with E-state index in [0.717, 1.165) is 76.4 Å². The van der Waals surface area contributed by atoms with Crippen molar-refractivity contribution < 1.29 is 26.8 Å². The van der Waals surface area contributed by atoms with Gasteiger partial charge in [-0.1, -0.05) is 67.9 Å². The summed E-state index contributed by atoms with van der Waals surface area (Å²) < 4.78 is 26.9. The van der Waals surface area contributed by atoms with Gasteiger partial charge in [0.2, 0.25) is 5.13 Å². The molecule has 0 aliphatic heterocycles. The molecule has 0 aliphatic carbocycles. The topological polar surface area (TPSA) is 127 Å². The number of thiophene rings is 1. The van der Waals surface area contributed by atoms with Crippen LogP contribution in [0, 0.1) is 0 Å². The second-order valence-corrected chi connectivity index (χ2v) is 12.8. The van der Waals surface area contributed by atoms with E-state index in [2.05, 4.69) is 43.5 Å². The van der Waals surface area contributed by atoms with Crippen molar-refractivity contribution in [3.05, 3.63) is 79.9 Å². The highest BCUT2D eigenvalue weighted by Crippen LogP contribution is 2.39. The number of thiazole rings is 1. The molecule has 0 saturated carbocycles. The molecule has 0 N–H and O–H groups in total. The molecule has 49 heavy (non-hydrogen) atoms. The van der Waals surface area contributed by atoms with Gasteiger partial charge in [0.25, 0.3) is 0 Å². The Bertz CT molecular complexity index is 1680. The zero-order valence-corrected chi connectivity index (χ0v) is 29.4. The van der Waals surface area contributed by atoms with Crippen LogP contribution in [-0.2, 0) is 19.1 Å². The van der Waals surface area contributed by atoms with Crippen LogP contribution in [0.4, 0.5) is 27.2 Å². The van der Waals surface area contributed by atoms with Crippen molar-refractivity contribution in [3.8, 4) is 5.75 Å². The first-order valence-electron chi connectivity index (χ1n) is 17.4. The summed E-state index contributed by atoms with van der Waals surface area (Å²) in [6, 6.07) is 17.3. The quantitative estimate of drug-likeness (QED) is 0.0344. The minimum Gasteiger partial charge on any atom is -0.494 e. The number of unbranched alkanes of at least 4 members (excludes halogenated alkanes) is 6. The Balaban J connectivity index is 0.00000345. The number of likely N-dealkylation sites (N-methyl/N-ethyl adjacent to an activating group) is 1. The van der Waals surface area contributed by atoms with Crippen molar-refractivity contribution in [2.24, 2.45) is 20.5 Å². The SMILES string of the molecule is C=CC(=O)OCCCCCCCCCOc1ccc(N=Nc2cc3sc(N=Nc4ccc(N(CC)CCOC(=O)C=C)cc4)nc3s2)cc1.[2H][2H]. The molecule has 13 heteroatoms. The van der Waals surface area contributed by atoms with Gasteiger partial charge < -0.3 is 19.1 Å². The lowest BCUT2D eigenvalue weighted by Crippen LogP contribution is -2.27. The second kappa shape index (κ2) is 20.6. The minimum absolute atomic E-state index is 0.289. The van der Waals surface area contributed by atoms with Gasteiger partial charge in [-0.2, -0.15) is 0 Å². The fourth-order valence-electron chi connectivity index (χ4n) is 4.65. The van der Waals surface area contributed by atoms with Crippen molar-refractivity contribution >= 4 is 71.3 Å². The molecular formula is C36H44N6O5S2. The number of carbonyl (C=O) groups excluding carboxylic acids is 2. The summed E-state index contributed by atoms with van der Waals surface area (Å²) >= 11 is 2.91. The third-order valence-electron chi connectivity index (χ3n) is 7.25. The molecule has 0 amide bonds. The first kappa shape index (κ1) is 35.6. The van der Waals surface area contributed by atoms with Crippen LogP contribution in [-0.4, -0.2) is 49.8 Å². The van der Waals surface area contributed by atoms with E-state index in [1.165, 1.54) is 41.6 Å². The van der Waals surface area contributed by atoms with E-state index in [9.17, 15) is 9.59 Å². The number of ether oxygens (including phenoxy) is 3. The van der Waals surface area contributed by atoms with Gasteiger partial charge in [-0.25, -0.2) is 14.6 Å². The number of anilines is 1. The van der Waals surface area contributed by atoms with E-state index < -0.39 is 5.97 Å². The molecule has 2 aromatic carbocycles. The summed E-state index contributed by atoms with van der Waals surface area (Å²) in [5.41, 5.74) is 2.47. The van der Waals surface area contributed by atoms with Crippen molar-refractivity contribution in [1.82, 2.24) is 4.98 Å². The summed E-state index contributed by atoms with van der Waals surface area (Å²) in [6.45, 7) is 11.6. The Morgan fingerprint density at radius 2 is 1.39 bits per heavy atom. The van der Waals surface area contributed by atoms with Crippen LogP contribution in [0.2, 0.25) is 0 Å². The predicted octanol–water partition coefficient (Wildman–Crippen LogP) is 10.8. The lowest BCUT2D eigenvalue weighted by Gasteiger charge is -2.22. The molecule has 260 valence electrons. The first-order valence-corrected chi connectivity index (χ1v) is 18.0. The van der Waals surface area contributed by atoms with Crippen LogP contribution in [0.3, 0.4) is 0 Å². The number of carbonyl (C=O) groups is 2. The van der Waals surface area contributed by atoms with Gasteiger partial charge in [-0.15, -0.1) is 20.5 Å². The smallest absolute Gasteiger partial charge is 0.330 e. The largest absolute Gasteiger partial charge is 0.494 e. The maximum absolute atomic E-state index is 11.3. The molecule has 2 aromatic heterocycles. The molecular weight excluding hydrogens is 661 g/mol. The molecule has 4 aromatic rings. The third-order valence-corrected chi connectivity index (χ3v) is 9.18. The fourth-order valence-corrected chi connectivity index (χ4v) is 6.49. The molecule has 0 atom stereocenters. The van der Waals surface area contributed by atoms with E-state index >= 15 is 0 Å². The summed E-state index contributed by atoms with van der Waals surface area (Å²) in [5.74, 6) is 0.0434. The van der Waals surface area contributed by atoms with E-state index in [0.29, 0.717) is 30.6 Å². The molecule has 11 nitrogen and oxygen atoms in total. The van der Waals surface area contributed by atoms with Gasteiger partial charge in [-0.3, -0.25) is 0 Å². The standard InChI is InChI=1S/C36H42N6O5S2.H2/c1-4-33(43)46-24-13-11-9-7-8-10-12-23-45-30-20-16-28(17-21-30)38-40-32-26-31-35(49-32)37-36(48-31)41-39-27-14-18-29(19-15-27)42(6-3)22-25-47-34(44)5-2;/h4-5,14-21,26H,1-2,6-13,22-25H2,3H3;1H/i;1+1D. The Kier molecular flexibility index (Phi) is 14.9. The minimum atomic E-state index is -0.423. The van der Waals surface area contributed by atoms with Crippen LogP contribution >= 0.6 is 22.7 Å². The van der Waals surface area contributed by atoms with Gasteiger partial charge in [-0.05, 0) is 74.4 Å². The number of benzene rings is 2. The number of esters is 2. The van der Waals surface area contributed by atoms with Crippen LogP contribution in [0.25, 0.3) is 9.53 Å². The number of nitrogens with zero attached hydrogens (tertiary/aromatic N) is 6. The van der Waals surface area contributed by atoms with Gasteiger partial charge in [0.05, 0.1) is 35.8 Å². The molecule has 0 saturated heterocycles. The Morgan fingerprint density at radius 3 is 2.02 bits per heavy atom. The molecule has 0 unspecified atom stereocenters. The number of azo groups is 2. The lowest BCUT2D eigenvalue weighted by atomic mass is 10.1. The molecule has 0 spiro atoms. The van der Waals surface area contributed by atoms with Crippen LogP contribution < -0.4 is 9.64 Å². The number of hydrogen-bond acceptors (Lipinski definition) is 13. The van der Waals surface area contributed by atoms with Crippen LogP contribution in [0.1, 0.15) is 54.8 Å². The zero-order chi connectivity index (χ0) is 36.7. The molecule has 4 rings (SSSR count). The van der Waals surface area contributed by atoms with Gasteiger partial charge in [0, 0.05) is 27.4 Å². The van der Waals surface area contributed by atoms with Gasteiger partial charge in [0.1, 0.15) is 22.2 Å². The summed E-state index contributed by atoms with van der Waals surface area (Å²) in [6.07, 6.45) is 9.95. The van der Waals surface area contributed by atoms with E-state index in [1.54, 1.807) is 0 Å². The molecule has 2 heterocycles. The van der Waals surface area contributed by atoms with Crippen molar-refractivity contribution in [2.45, 2.75) is 51.9 Å². The highest BCUT2D eigenvalue weighted by Gasteiger charge is 2.09. The summed E-state index contributed by atoms with van der Waals surface area (Å²) in [5, 5.41) is 18.8. The number of fused-ring (bicyclic) bond motifs is 1. The maximum Gasteiger partial charge on any atom is 0.330 e. The molecule has 0 bridgehead atoms. The predicted molar refractivity (Wildman–Crippen MR) is 199 cm³/mol. The van der Waals surface area contributed by atoms with Crippen LogP contribution in [0.15, 0.2) is 100 Å². The normalized spacial score (nSPS) is 11.4. The monoisotopic (exact) mass is 706 g/mol. The van der Waals surface area contributed by atoms with Gasteiger partial charge >= 0.3 is 11.9 Å². The first-order chi connectivity index (χ1) is 25.0. The number of rotatable bonds is 22. The number of hydrogen-bond donors (Lipinski definition) is 0. The zero-order valence-electron chi connectivity index (χ0n) is 29.8. The van der Waals surface area contributed by atoms with Crippen molar-refractivity contribution in [1.29, 1.82) is 0 Å². The third kappa shape index (κ3) is 13.0. The average Bonchev–Trinajstić information content (AvgIpc) is 3.74.